The highest BCUT2D eigenvalue weighted by Crippen LogP contribution is 2.37. The van der Waals surface area contributed by atoms with Gasteiger partial charge in [-0.2, -0.15) is 0 Å². The minimum Gasteiger partial charge on any atom is -0.872 e. The number of hydrogen-bond acceptors (Lipinski definition) is 3. The van der Waals surface area contributed by atoms with E-state index in [1.165, 1.54) is 30.2 Å². The van der Waals surface area contributed by atoms with E-state index < -0.39 is 0 Å². The van der Waals surface area contributed by atoms with Crippen LogP contribution < -0.4 is 14.7 Å². The lowest BCUT2D eigenvalue weighted by Crippen LogP contribution is -3.11. The largest absolute Gasteiger partial charge is 0.872 e. The molecule has 2 aromatic carbocycles. The molecule has 0 atom stereocenters. The Morgan fingerprint density at radius 2 is 1.81 bits per heavy atom. The summed E-state index contributed by atoms with van der Waals surface area (Å²) in [4.78, 5) is 14.1. The SMILES string of the molecule is O=C1C(=CC=Cc2ccccc2)Oc2c1ccc([O-])c2C[NH+]1CCCCC1. The number of fused-ring (bicyclic) bond motifs is 1. The van der Waals surface area contributed by atoms with Crippen LogP contribution in [0, 0.1) is 0 Å². The first-order valence-electron chi connectivity index (χ1n) is 9.55. The zero-order chi connectivity index (χ0) is 18.6. The summed E-state index contributed by atoms with van der Waals surface area (Å²) >= 11 is 0. The molecule has 1 saturated heterocycles. The Morgan fingerprint density at radius 1 is 1.04 bits per heavy atom. The first-order valence-corrected chi connectivity index (χ1v) is 9.55. The molecule has 4 heteroatoms. The van der Waals surface area contributed by atoms with Crippen LogP contribution in [0.1, 0.15) is 40.7 Å². The van der Waals surface area contributed by atoms with Crippen molar-refractivity contribution in [1.82, 2.24) is 0 Å². The van der Waals surface area contributed by atoms with Crippen LogP contribution in [0.4, 0.5) is 0 Å². The lowest BCUT2D eigenvalue weighted by molar-refractivity contribution is -0.918. The van der Waals surface area contributed by atoms with E-state index in [4.69, 9.17) is 4.74 Å². The van der Waals surface area contributed by atoms with Crippen molar-refractivity contribution in [3.63, 3.8) is 0 Å². The first-order chi connectivity index (χ1) is 13.2. The summed E-state index contributed by atoms with van der Waals surface area (Å²) in [6.07, 6.45) is 9.04. The number of piperidine rings is 1. The Kier molecular flexibility index (Phi) is 5.07. The van der Waals surface area contributed by atoms with Gasteiger partial charge in [0.15, 0.2) is 5.76 Å². The summed E-state index contributed by atoms with van der Waals surface area (Å²) in [5, 5.41) is 12.4. The highest BCUT2D eigenvalue weighted by Gasteiger charge is 2.30. The van der Waals surface area contributed by atoms with E-state index in [1.807, 2.05) is 42.5 Å². The number of benzene rings is 2. The quantitative estimate of drug-likeness (QED) is 0.852. The summed E-state index contributed by atoms with van der Waals surface area (Å²) in [5.74, 6) is 0.543. The smallest absolute Gasteiger partial charge is 0.231 e. The molecular weight excluding hydrogens is 338 g/mol. The predicted molar refractivity (Wildman–Crippen MR) is 103 cm³/mol. The molecule has 2 aromatic rings. The van der Waals surface area contributed by atoms with E-state index >= 15 is 0 Å². The summed E-state index contributed by atoms with van der Waals surface area (Å²) in [7, 11) is 0. The number of carbonyl (C=O) groups is 1. The molecule has 2 aliphatic heterocycles. The van der Waals surface area contributed by atoms with Crippen molar-refractivity contribution in [3.05, 3.63) is 77.1 Å². The Balaban J connectivity index is 1.56. The van der Waals surface area contributed by atoms with Crippen molar-refractivity contribution < 1.29 is 19.5 Å². The van der Waals surface area contributed by atoms with Crippen LogP contribution in [0.2, 0.25) is 0 Å². The average molecular weight is 361 g/mol. The summed E-state index contributed by atoms with van der Waals surface area (Å²) < 4.78 is 5.86. The van der Waals surface area contributed by atoms with Gasteiger partial charge in [-0.1, -0.05) is 54.3 Å². The molecule has 0 spiro atoms. The minimum absolute atomic E-state index is 0.0410. The molecule has 4 nitrogen and oxygen atoms in total. The van der Waals surface area contributed by atoms with E-state index in [2.05, 4.69) is 0 Å². The summed E-state index contributed by atoms with van der Waals surface area (Å²) in [5.41, 5.74) is 2.18. The van der Waals surface area contributed by atoms with Gasteiger partial charge in [0.25, 0.3) is 0 Å². The maximum Gasteiger partial charge on any atom is 0.231 e. The van der Waals surface area contributed by atoms with Gasteiger partial charge in [-0.25, -0.2) is 0 Å². The van der Waals surface area contributed by atoms with Crippen molar-refractivity contribution in [1.29, 1.82) is 0 Å². The Bertz CT molecular complexity index is 893. The van der Waals surface area contributed by atoms with Gasteiger partial charge in [0.1, 0.15) is 12.3 Å². The predicted octanol–water partition coefficient (Wildman–Crippen LogP) is 2.50. The molecule has 0 aliphatic carbocycles. The van der Waals surface area contributed by atoms with E-state index in [9.17, 15) is 9.90 Å². The van der Waals surface area contributed by atoms with Crippen molar-refractivity contribution in [2.24, 2.45) is 0 Å². The zero-order valence-electron chi connectivity index (χ0n) is 15.2. The van der Waals surface area contributed by atoms with E-state index in [0.717, 1.165) is 18.7 Å². The standard InChI is InChI=1S/C23H23NO3/c25-20-13-12-18-22(26)21(11-7-10-17-8-3-1-4-9-17)27-23(18)19(20)16-24-14-5-2-6-15-24/h1,3-4,7-13,25H,2,5-6,14-16H2. The molecule has 0 amide bonds. The third-order valence-corrected chi connectivity index (χ3v) is 5.22. The molecule has 1 fully saturated rings. The molecule has 1 N–H and O–H groups in total. The monoisotopic (exact) mass is 361 g/mol. The van der Waals surface area contributed by atoms with E-state index in [-0.39, 0.29) is 17.3 Å². The van der Waals surface area contributed by atoms with Crippen LogP contribution in [0.3, 0.4) is 0 Å². The molecule has 2 aliphatic rings. The van der Waals surface area contributed by atoms with Gasteiger partial charge in [0.2, 0.25) is 5.78 Å². The molecule has 4 rings (SSSR count). The van der Waals surface area contributed by atoms with Crippen LogP contribution in [0.25, 0.3) is 6.08 Å². The second kappa shape index (κ2) is 7.80. The van der Waals surface area contributed by atoms with Crippen molar-refractivity contribution >= 4 is 11.9 Å². The van der Waals surface area contributed by atoms with Crippen LogP contribution in [0.5, 0.6) is 11.5 Å². The molecule has 0 radical (unpaired) electrons. The summed E-state index contributed by atoms with van der Waals surface area (Å²) in [6, 6.07) is 13.0. The van der Waals surface area contributed by atoms with Crippen LogP contribution in [-0.2, 0) is 6.54 Å². The number of ether oxygens (including phenoxy) is 1. The Labute approximate surface area is 159 Å². The number of ketones is 1. The molecule has 0 unspecified atom stereocenters. The highest BCUT2D eigenvalue weighted by molar-refractivity contribution is 6.12. The average Bonchev–Trinajstić information content (AvgIpc) is 3.02. The van der Waals surface area contributed by atoms with Gasteiger partial charge in [0, 0.05) is 5.56 Å². The minimum atomic E-state index is -0.155. The normalized spacial score (nSPS) is 18.8. The number of nitrogens with one attached hydrogen (secondary N) is 1. The third kappa shape index (κ3) is 3.81. The van der Waals surface area contributed by atoms with Gasteiger partial charge in [-0.3, -0.25) is 4.79 Å². The van der Waals surface area contributed by atoms with Crippen molar-refractivity contribution in [2.45, 2.75) is 25.8 Å². The molecule has 27 heavy (non-hydrogen) atoms. The number of allylic oxidation sites excluding steroid dienone is 3. The molecule has 0 saturated carbocycles. The maximum atomic E-state index is 12.7. The lowest BCUT2D eigenvalue weighted by atomic mass is 10.0. The van der Waals surface area contributed by atoms with Crippen molar-refractivity contribution in [2.75, 3.05) is 13.1 Å². The van der Waals surface area contributed by atoms with Gasteiger partial charge >= 0.3 is 0 Å². The van der Waals surface area contributed by atoms with Crippen LogP contribution >= 0.6 is 0 Å². The second-order valence-electron chi connectivity index (χ2n) is 7.14. The lowest BCUT2D eigenvalue weighted by Gasteiger charge is -2.26. The number of carbonyl (C=O) groups excluding carboxylic acids is 1. The number of likely N-dealkylation sites (tertiary alicyclic amines) is 1. The van der Waals surface area contributed by atoms with Gasteiger partial charge in [-0.15, -0.1) is 0 Å². The number of quaternary nitrogens is 1. The molecule has 0 aromatic heterocycles. The molecule has 0 bridgehead atoms. The van der Waals surface area contributed by atoms with E-state index in [1.54, 1.807) is 12.1 Å². The van der Waals surface area contributed by atoms with Crippen LogP contribution in [-0.4, -0.2) is 18.9 Å². The zero-order valence-corrected chi connectivity index (χ0v) is 15.2. The van der Waals surface area contributed by atoms with Gasteiger partial charge in [-0.05, 0) is 37.0 Å². The van der Waals surface area contributed by atoms with Crippen LogP contribution in [0.15, 0.2) is 60.4 Å². The topological polar surface area (TPSA) is 53.8 Å². The number of Topliss-reactive ketones (excluding diaryl/α,β-unsaturated/α-hetero) is 1. The fourth-order valence-electron chi connectivity index (χ4n) is 3.76. The van der Waals surface area contributed by atoms with Gasteiger partial charge in [0.05, 0.1) is 18.7 Å². The Hall–Kier alpha value is -2.85. The molecule has 2 heterocycles. The Morgan fingerprint density at radius 3 is 2.59 bits per heavy atom. The summed E-state index contributed by atoms with van der Waals surface area (Å²) in [6.45, 7) is 2.77. The second-order valence-corrected chi connectivity index (χ2v) is 7.14. The third-order valence-electron chi connectivity index (χ3n) is 5.22. The fraction of sp³-hybridized carbons (Fsp3) is 0.261. The fourth-order valence-corrected chi connectivity index (χ4v) is 3.76. The number of rotatable bonds is 4. The first kappa shape index (κ1) is 17.6. The van der Waals surface area contributed by atoms with E-state index in [0.29, 0.717) is 23.4 Å². The van der Waals surface area contributed by atoms with Gasteiger partial charge < -0.3 is 14.7 Å². The number of hydrogen-bond donors (Lipinski definition) is 1. The molecule has 138 valence electrons. The highest BCUT2D eigenvalue weighted by atomic mass is 16.5. The van der Waals surface area contributed by atoms with Crippen molar-refractivity contribution in [3.8, 4) is 11.5 Å². The molecular formula is C23H23NO3. The maximum absolute atomic E-state index is 12.7.